The highest BCUT2D eigenvalue weighted by Crippen LogP contribution is 2.06. The number of rotatable bonds is 4. The van der Waals surface area contributed by atoms with E-state index in [0.29, 0.717) is 18.7 Å². The van der Waals surface area contributed by atoms with Gasteiger partial charge < -0.3 is 5.32 Å². The summed E-state index contributed by atoms with van der Waals surface area (Å²) in [5, 5.41) is 7.25. The molecule has 3 nitrogen and oxygen atoms in total. The van der Waals surface area contributed by atoms with Gasteiger partial charge >= 0.3 is 0 Å². The molecule has 0 saturated carbocycles. The Morgan fingerprint density at radius 2 is 2.06 bits per heavy atom. The molecule has 0 aliphatic heterocycles. The Morgan fingerprint density at radius 1 is 1.25 bits per heavy atom. The topological polar surface area (TPSA) is 29.9 Å². The normalized spacial score (nSPS) is 10.6. The first-order valence-corrected chi connectivity index (χ1v) is 5.18. The van der Waals surface area contributed by atoms with Crippen molar-refractivity contribution in [2.75, 3.05) is 0 Å². The van der Waals surface area contributed by atoms with Gasteiger partial charge in [0.25, 0.3) is 0 Å². The summed E-state index contributed by atoms with van der Waals surface area (Å²) in [4.78, 5) is 0. The summed E-state index contributed by atoms with van der Waals surface area (Å²) >= 11 is 0. The van der Waals surface area contributed by atoms with Crippen LogP contribution in [0.1, 0.15) is 11.3 Å². The number of hydrogen-bond acceptors (Lipinski definition) is 2. The predicted octanol–water partition coefficient (Wildman–Crippen LogP) is 1.85. The van der Waals surface area contributed by atoms with Gasteiger partial charge in [-0.05, 0) is 12.1 Å². The molecule has 0 saturated heterocycles. The molecule has 1 N–H and O–H groups in total. The Kier molecular flexibility index (Phi) is 3.31. The number of nitrogens with zero attached hydrogens (tertiary/aromatic N) is 2. The lowest BCUT2D eigenvalue weighted by Crippen LogP contribution is -2.15. The zero-order valence-corrected chi connectivity index (χ0v) is 9.15. The number of aromatic nitrogens is 2. The molecule has 1 aromatic carbocycles. The molecule has 0 fully saturated rings. The fraction of sp³-hybridized carbons (Fsp3) is 0.250. The number of halogens is 1. The molecule has 0 radical (unpaired) electrons. The van der Waals surface area contributed by atoms with Gasteiger partial charge in [-0.1, -0.05) is 18.2 Å². The maximum atomic E-state index is 13.3. The van der Waals surface area contributed by atoms with Crippen molar-refractivity contribution in [3.8, 4) is 0 Å². The van der Waals surface area contributed by atoms with Gasteiger partial charge in [-0.15, -0.1) is 0 Å². The van der Waals surface area contributed by atoms with E-state index in [0.717, 1.165) is 5.69 Å². The second-order valence-corrected chi connectivity index (χ2v) is 3.64. The van der Waals surface area contributed by atoms with Crippen LogP contribution in [-0.4, -0.2) is 9.78 Å². The lowest BCUT2D eigenvalue weighted by atomic mass is 10.2. The monoisotopic (exact) mass is 219 g/mol. The van der Waals surface area contributed by atoms with Crippen LogP contribution >= 0.6 is 0 Å². The van der Waals surface area contributed by atoms with Crippen LogP contribution in [0.5, 0.6) is 0 Å². The second kappa shape index (κ2) is 4.90. The van der Waals surface area contributed by atoms with Crippen molar-refractivity contribution >= 4 is 0 Å². The molecule has 84 valence electrons. The van der Waals surface area contributed by atoms with E-state index in [1.165, 1.54) is 6.07 Å². The van der Waals surface area contributed by atoms with Crippen LogP contribution in [0, 0.1) is 5.82 Å². The minimum atomic E-state index is -0.167. The fourth-order valence-electron chi connectivity index (χ4n) is 1.54. The van der Waals surface area contributed by atoms with E-state index in [4.69, 9.17) is 0 Å². The van der Waals surface area contributed by atoms with Crippen LogP contribution < -0.4 is 5.32 Å². The lowest BCUT2D eigenvalue weighted by molar-refractivity contribution is 0.577. The van der Waals surface area contributed by atoms with Crippen LogP contribution in [0.25, 0.3) is 0 Å². The van der Waals surface area contributed by atoms with Gasteiger partial charge in [-0.3, -0.25) is 4.68 Å². The largest absolute Gasteiger partial charge is 0.307 e. The standard InChI is InChI=1S/C12H14FN3/c1-16-11(6-7-15-16)9-14-8-10-4-2-3-5-12(10)13/h2-7,14H,8-9H2,1H3. The maximum Gasteiger partial charge on any atom is 0.127 e. The number of nitrogens with one attached hydrogen (secondary N) is 1. The van der Waals surface area contributed by atoms with Gasteiger partial charge in [0.05, 0.1) is 5.69 Å². The fourth-order valence-corrected chi connectivity index (χ4v) is 1.54. The Bertz CT molecular complexity index is 465. The highest BCUT2D eigenvalue weighted by molar-refractivity contribution is 5.17. The zero-order valence-electron chi connectivity index (χ0n) is 9.15. The molecular formula is C12H14FN3. The van der Waals surface area contributed by atoms with Crippen LogP contribution in [0.4, 0.5) is 4.39 Å². The van der Waals surface area contributed by atoms with Crippen molar-refractivity contribution in [1.29, 1.82) is 0 Å². The van der Waals surface area contributed by atoms with E-state index < -0.39 is 0 Å². The van der Waals surface area contributed by atoms with Crippen LogP contribution in [-0.2, 0) is 20.1 Å². The molecule has 0 atom stereocenters. The number of hydrogen-bond donors (Lipinski definition) is 1. The summed E-state index contributed by atoms with van der Waals surface area (Å²) in [5.41, 5.74) is 1.76. The zero-order chi connectivity index (χ0) is 11.4. The SMILES string of the molecule is Cn1nccc1CNCc1ccccc1F. The maximum absolute atomic E-state index is 13.3. The quantitative estimate of drug-likeness (QED) is 0.850. The van der Waals surface area contributed by atoms with Gasteiger partial charge in [0, 0.05) is 31.9 Å². The smallest absolute Gasteiger partial charge is 0.127 e. The Labute approximate surface area is 93.9 Å². The molecule has 4 heteroatoms. The third-order valence-electron chi connectivity index (χ3n) is 2.50. The van der Waals surface area contributed by atoms with Crippen molar-refractivity contribution < 1.29 is 4.39 Å². The average Bonchev–Trinajstić information content (AvgIpc) is 2.67. The summed E-state index contributed by atoms with van der Waals surface area (Å²) < 4.78 is 15.1. The molecule has 0 amide bonds. The average molecular weight is 219 g/mol. The highest BCUT2D eigenvalue weighted by Gasteiger charge is 2.01. The summed E-state index contributed by atoms with van der Waals surface area (Å²) in [6.45, 7) is 1.21. The number of benzene rings is 1. The van der Waals surface area contributed by atoms with Gasteiger partial charge in [0.1, 0.15) is 5.82 Å². The molecule has 2 aromatic rings. The van der Waals surface area contributed by atoms with Gasteiger partial charge in [-0.2, -0.15) is 5.10 Å². The Hall–Kier alpha value is -1.68. The van der Waals surface area contributed by atoms with Crippen molar-refractivity contribution in [1.82, 2.24) is 15.1 Å². The van der Waals surface area contributed by atoms with Crippen LogP contribution in [0.3, 0.4) is 0 Å². The molecular weight excluding hydrogens is 205 g/mol. The summed E-state index contributed by atoms with van der Waals surface area (Å²) in [6.07, 6.45) is 1.75. The van der Waals surface area contributed by atoms with E-state index in [9.17, 15) is 4.39 Å². The Morgan fingerprint density at radius 3 is 2.75 bits per heavy atom. The van der Waals surface area contributed by atoms with Gasteiger partial charge in [-0.25, -0.2) is 4.39 Å². The first-order chi connectivity index (χ1) is 7.77. The molecule has 1 aromatic heterocycles. The summed E-state index contributed by atoms with van der Waals surface area (Å²) in [5.74, 6) is -0.167. The second-order valence-electron chi connectivity index (χ2n) is 3.64. The summed E-state index contributed by atoms with van der Waals surface area (Å²) in [7, 11) is 1.89. The molecule has 1 heterocycles. The Balaban J connectivity index is 1.89. The molecule has 0 aliphatic rings. The highest BCUT2D eigenvalue weighted by atomic mass is 19.1. The van der Waals surface area contributed by atoms with Crippen molar-refractivity contribution in [3.63, 3.8) is 0 Å². The van der Waals surface area contributed by atoms with E-state index in [1.54, 1.807) is 23.0 Å². The molecule has 0 spiro atoms. The van der Waals surface area contributed by atoms with Gasteiger partial charge in [0.15, 0.2) is 0 Å². The third kappa shape index (κ3) is 2.46. The number of aryl methyl sites for hydroxylation is 1. The molecule has 16 heavy (non-hydrogen) atoms. The van der Waals surface area contributed by atoms with E-state index in [-0.39, 0.29) is 5.82 Å². The first kappa shape index (κ1) is 10.8. The third-order valence-corrected chi connectivity index (χ3v) is 2.50. The molecule has 0 unspecified atom stereocenters. The predicted molar refractivity (Wildman–Crippen MR) is 60.2 cm³/mol. The summed E-state index contributed by atoms with van der Waals surface area (Å²) in [6, 6.07) is 8.73. The molecule has 2 rings (SSSR count). The lowest BCUT2D eigenvalue weighted by Gasteiger charge is -2.06. The van der Waals surface area contributed by atoms with Crippen molar-refractivity contribution in [3.05, 3.63) is 53.6 Å². The van der Waals surface area contributed by atoms with E-state index >= 15 is 0 Å². The van der Waals surface area contributed by atoms with E-state index in [1.807, 2.05) is 19.2 Å². The minimum absolute atomic E-state index is 0.167. The van der Waals surface area contributed by atoms with Crippen molar-refractivity contribution in [2.45, 2.75) is 13.1 Å². The van der Waals surface area contributed by atoms with Gasteiger partial charge in [0.2, 0.25) is 0 Å². The minimum Gasteiger partial charge on any atom is -0.307 e. The first-order valence-electron chi connectivity index (χ1n) is 5.18. The molecule has 0 aliphatic carbocycles. The van der Waals surface area contributed by atoms with Crippen molar-refractivity contribution in [2.24, 2.45) is 7.05 Å². The van der Waals surface area contributed by atoms with Crippen LogP contribution in [0.2, 0.25) is 0 Å². The van der Waals surface area contributed by atoms with E-state index in [2.05, 4.69) is 10.4 Å². The molecule has 0 bridgehead atoms. The van der Waals surface area contributed by atoms with Crippen LogP contribution in [0.15, 0.2) is 36.5 Å².